The summed E-state index contributed by atoms with van der Waals surface area (Å²) in [4.78, 5) is 35.5. The van der Waals surface area contributed by atoms with Crippen LogP contribution in [0, 0.1) is 20.2 Å². The highest BCUT2D eigenvalue weighted by molar-refractivity contribution is 9.09. The summed E-state index contributed by atoms with van der Waals surface area (Å²) in [6.45, 7) is 0.962. The van der Waals surface area contributed by atoms with Crippen LogP contribution in [0.15, 0.2) is 12.1 Å². The van der Waals surface area contributed by atoms with Crippen LogP contribution in [-0.4, -0.2) is 57.8 Å². The second-order valence-electron chi connectivity index (χ2n) is 5.43. The second kappa shape index (κ2) is 11.8. The van der Waals surface area contributed by atoms with Crippen molar-refractivity contribution in [3.8, 4) is 0 Å². The maximum atomic E-state index is 12.6. The Morgan fingerprint density at radius 1 is 1.11 bits per heavy atom. The highest BCUT2D eigenvalue weighted by atomic mass is 79.9. The van der Waals surface area contributed by atoms with Crippen molar-refractivity contribution in [1.82, 2.24) is 5.32 Å². The molecule has 0 bridgehead atoms. The summed E-state index contributed by atoms with van der Waals surface area (Å²) in [5, 5.41) is 35.1. The third-order valence-electron chi connectivity index (χ3n) is 3.62. The van der Waals surface area contributed by atoms with Crippen molar-refractivity contribution in [3.05, 3.63) is 37.9 Å². The summed E-state index contributed by atoms with van der Waals surface area (Å²) in [6.07, 6.45) is 1.00. The normalized spacial score (nSPS) is 10.5. The van der Waals surface area contributed by atoms with E-state index in [1.54, 1.807) is 4.90 Å². The van der Waals surface area contributed by atoms with E-state index in [0.29, 0.717) is 36.6 Å². The van der Waals surface area contributed by atoms with Gasteiger partial charge in [0, 0.05) is 43.0 Å². The van der Waals surface area contributed by atoms with Gasteiger partial charge in [-0.05, 0) is 12.8 Å². The van der Waals surface area contributed by atoms with Gasteiger partial charge in [0.05, 0.1) is 21.5 Å². The quantitative estimate of drug-likeness (QED) is 0.190. The van der Waals surface area contributed by atoms with Crippen LogP contribution in [0.2, 0.25) is 0 Å². The molecular formula is C15H20Br2N4O6. The molecule has 1 amide bonds. The van der Waals surface area contributed by atoms with Gasteiger partial charge in [0.1, 0.15) is 5.69 Å². The molecular weight excluding hydrogens is 492 g/mol. The van der Waals surface area contributed by atoms with Gasteiger partial charge in [-0.1, -0.05) is 31.9 Å². The van der Waals surface area contributed by atoms with Crippen molar-refractivity contribution < 1.29 is 19.7 Å². The van der Waals surface area contributed by atoms with E-state index in [-0.39, 0.29) is 24.4 Å². The fourth-order valence-corrected chi connectivity index (χ4v) is 3.28. The molecule has 0 aliphatic heterocycles. The predicted molar refractivity (Wildman–Crippen MR) is 108 cm³/mol. The third-order valence-corrected chi connectivity index (χ3v) is 4.33. The third kappa shape index (κ3) is 6.70. The van der Waals surface area contributed by atoms with Gasteiger partial charge >= 0.3 is 0 Å². The van der Waals surface area contributed by atoms with Gasteiger partial charge in [-0.2, -0.15) is 0 Å². The molecule has 0 fully saturated rings. The largest absolute Gasteiger partial charge is 0.396 e. The fourth-order valence-electron chi connectivity index (χ4n) is 2.43. The molecule has 1 rings (SSSR count). The number of carbonyl (C=O) groups is 1. The molecule has 0 aliphatic rings. The Bertz CT molecular complexity index is 683. The number of unbranched alkanes of at least 4 members (excludes halogenated alkanes) is 1. The number of nitro groups is 2. The monoisotopic (exact) mass is 510 g/mol. The number of aliphatic hydroxyl groups is 1. The minimum absolute atomic E-state index is 0.0202. The van der Waals surface area contributed by atoms with Crippen LogP contribution >= 0.6 is 31.9 Å². The van der Waals surface area contributed by atoms with E-state index in [9.17, 15) is 25.0 Å². The Morgan fingerprint density at radius 3 is 2.22 bits per heavy atom. The number of nitrogens with zero attached hydrogens (tertiary/aromatic N) is 3. The zero-order chi connectivity index (χ0) is 20.4. The summed E-state index contributed by atoms with van der Waals surface area (Å²) in [5.74, 6) is -0.635. The molecule has 1 aromatic carbocycles. The number of nitro benzene ring substituents is 2. The van der Waals surface area contributed by atoms with Crippen LogP contribution in [0.4, 0.5) is 17.1 Å². The van der Waals surface area contributed by atoms with Gasteiger partial charge in [0.15, 0.2) is 0 Å². The number of hydrogen-bond donors (Lipinski definition) is 2. The van der Waals surface area contributed by atoms with Gasteiger partial charge in [0.2, 0.25) is 0 Å². The van der Waals surface area contributed by atoms with E-state index in [1.807, 2.05) is 0 Å². The number of halogens is 2. The number of hydrogen-bond acceptors (Lipinski definition) is 7. The molecule has 0 spiro atoms. The maximum absolute atomic E-state index is 12.6. The van der Waals surface area contributed by atoms with Crippen LogP contribution in [0.25, 0.3) is 0 Å². The standard InChI is InChI=1S/C15H20Br2N4O6/c16-3-6-19(7-4-17)14-12(15(23)18-5-1-2-8-22)9-11(20(24)25)10-13(14)21(26)27/h9-10,22H,1-8H2,(H,18,23). The molecule has 0 saturated heterocycles. The van der Waals surface area contributed by atoms with Crippen molar-refractivity contribution in [1.29, 1.82) is 0 Å². The summed E-state index contributed by atoms with van der Waals surface area (Å²) < 4.78 is 0. The molecule has 0 aliphatic carbocycles. The molecule has 27 heavy (non-hydrogen) atoms. The fraction of sp³-hybridized carbons (Fsp3) is 0.533. The first-order chi connectivity index (χ1) is 12.9. The number of amides is 1. The van der Waals surface area contributed by atoms with Gasteiger partial charge in [-0.25, -0.2) is 0 Å². The van der Waals surface area contributed by atoms with E-state index in [1.165, 1.54) is 0 Å². The molecule has 0 atom stereocenters. The number of anilines is 1. The lowest BCUT2D eigenvalue weighted by Crippen LogP contribution is -2.32. The average molecular weight is 512 g/mol. The minimum Gasteiger partial charge on any atom is -0.396 e. The van der Waals surface area contributed by atoms with Crippen LogP contribution in [0.5, 0.6) is 0 Å². The van der Waals surface area contributed by atoms with Crippen LogP contribution in [0.1, 0.15) is 23.2 Å². The number of benzene rings is 1. The van der Waals surface area contributed by atoms with Crippen molar-refractivity contribution >= 4 is 54.8 Å². The number of carbonyl (C=O) groups excluding carboxylic acids is 1. The van der Waals surface area contributed by atoms with Gasteiger partial charge in [0.25, 0.3) is 17.3 Å². The summed E-state index contributed by atoms with van der Waals surface area (Å²) in [7, 11) is 0. The molecule has 0 radical (unpaired) electrons. The Balaban J connectivity index is 3.46. The minimum atomic E-state index is -0.765. The lowest BCUT2D eigenvalue weighted by atomic mass is 10.1. The molecule has 0 saturated carbocycles. The summed E-state index contributed by atoms with van der Waals surface area (Å²) in [5.41, 5.74) is -1.10. The van der Waals surface area contributed by atoms with E-state index < -0.39 is 27.1 Å². The van der Waals surface area contributed by atoms with E-state index in [4.69, 9.17) is 5.11 Å². The number of rotatable bonds is 12. The Hall–Kier alpha value is -1.79. The molecule has 0 unspecified atom stereocenters. The number of non-ortho nitro benzene ring substituents is 1. The van der Waals surface area contributed by atoms with Crippen molar-refractivity contribution in [2.45, 2.75) is 12.8 Å². The number of nitrogens with one attached hydrogen (secondary N) is 1. The van der Waals surface area contributed by atoms with E-state index >= 15 is 0 Å². The number of alkyl halides is 2. The first-order valence-electron chi connectivity index (χ1n) is 8.10. The van der Waals surface area contributed by atoms with Crippen molar-refractivity contribution in [2.75, 3.05) is 41.8 Å². The topological polar surface area (TPSA) is 139 Å². The SMILES string of the molecule is O=C(NCCCCO)c1cc([N+](=O)[O-])cc([N+](=O)[O-])c1N(CCBr)CCBr. The molecule has 1 aromatic rings. The highest BCUT2D eigenvalue weighted by Crippen LogP contribution is 2.36. The average Bonchev–Trinajstić information content (AvgIpc) is 2.63. The van der Waals surface area contributed by atoms with Gasteiger partial charge in [-0.15, -0.1) is 0 Å². The van der Waals surface area contributed by atoms with Crippen LogP contribution in [-0.2, 0) is 0 Å². The molecule has 0 heterocycles. The van der Waals surface area contributed by atoms with E-state index in [2.05, 4.69) is 37.2 Å². The Morgan fingerprint density at radius 2 is 1.74 bits per heavy atom. The van der Waals surface area contributed by atoms with Crippen LogP contribution in [0.3, 0.4) is 0 Å². The Labute approximate surface area is 172 Å². The van der Waals surface area contributed by atoms with Gasteiger partial charge in [-0.3, -0.25) is 25.0 Å². The zero-order valence-electron chi connectivity index (χ0n) is 14.4. The molecule has 10 nitrogen and oxygen atoms in total. The lowest BCUT2D eigenvalue weighted by Gasteiger charge is -2.25. The number of aliphatic hydroxyl groups excluding tert-OH is 1. The van der Waals surface area contributed by atoms with Crippen LogP contribution < -0.4 is 10.2 Å². The summed E-state index contributed by atoms with van der Waals surface area (Å²) >= 11 is 6.56. The smallest absolute Gasteiger partial charge is 0.300 e. The van der Waals surface area contributed by atoms with Crippen molar-refractivity contribution in [2.24, 2.45) is 0 Å². The molecule has 150 valence electrons. The lowest BCUT2D eigenvalue weighted by molar-refractivity contribution is -0.393. The summed E-state index contributed by atoms with van der Waals surface area (Å²) in [6, 6.07) is 1.92. The van der Waals surface area contributed by atoms with E-state index in [0.717, 1.165) is 12.1 Å². The van der Waals surface area contributed by atoms with Gasteiger partial charge < -0.3 is 15.3 Å². The zero-order valence-corrected chi connectivity index (χ0v) is 17.6. The highest BCUT2D eigenvalue weighted by Gasteiger charge is 2.30. The first kappa shape index (κ1) is 23.2. The Kier molecular flexibility index (Phi) is 10.2. The molecule has 2 N–H and O–H groups in total. The molecule has 12 heteroatoms. The second-order valence-corrected chi connectivity index (χ2v) is 7.01. The maximum Gasteiger partial charge on any atom is 0.300 e. The van der Waals surface area contributed by atoms with Crippen molar-refractivity contribution in [3.63, 3.8) is 0 Å². The first-order valence-corrected chi connectivity index (χ1v) is 10.3. The predicted octanol–water partition coefficient (Wildman–Crippen LogP) is 2.60. The molecule has 0 aromatic heterocycles.